The van der Waals surface area contributed by atoms with Crippen molar-refractivity contribution in [3.8, 4) is 0 Å². The van der Waals surface area contributed by atoms with Crippen LogP contribution in [0.3, 0.4) is 0 Å². The Kier molecular flexibility index (Phi) is 1.68. The Morgan fingerprint density at radius 3 is 2.71 bits per heavy atom. The summed E-state index contributed by atoms with van der Waals surface area (Å²) < 4.78 is 13.6. The van der Waals surface area contributed by atoms with E-state index < -0.39 is 0 Å². The van der Waals surface area contributed by atoms with Crippen molar-refractivity contribution in [2.24, 2.45) is 5.92 Å². The first-order valence-electron chi connectivity index (χ1n) is 5.26. The van der Waals surface area contributed by atoms with Crippen molar-refractivity contribution in [3.05, 3.63) is 35.6 Å². The Morgan fingerprint density at radius 1 is 1.29 bits per heavy atom. The molecule has 1 aromatic rings. The summed E-state index contributed by atoms with van der Waals surface area (Å²) in [4.78, 5) is 0. The van der Waals surface area contributed by atoms with Crippen molar-refractivity contribution in [1.82, 2.24) is 5.32 Å². The van der Waals surface area contributed by atoms with E-state index in [1.165, 1.54) is 12.8 Å². The highest BCUT2D eigenvalue weighted by molar-refractivity contribution is 5.32. The van der Waals surface area contributed by atoms with Crippen LogP contribution >= 0.6 is 0 Å². The molecule has 3 fully saturated rings. The van der Waals surface area contributed by atoms with Crippen molar-refractivity contribution in [3.63, 3.8) is 0 Å². The SMILES string of the molecule is Fc1ccccc1C12CNCC(C1)C2. The summed E-state index contributed by atoms with van der Waals surface area (Å²) in [5, 5.41) is 3.38. The van der Waals surface area contributed by atoms with Gasteiger partial charge in [-0.3, -0.25) is 0 Å². The number of halogens is 1. The second-order valence-corrected chi connectivity index (χ2v) is 4.67. The summed E-state index contributed by atoms with van der Waals surface area (Å²) >= 11 is 0. The fourth-order valence-electron chi connectivity index (χ4n) is 3.06. The molecule has 0 amide bonds. The lowest BCUT2D eigenvalue weighted by molar-refractivity contribution is 0.0867. The first kappa shape index (κ1) is 8.42. The Morgan fingerprint density at radius 2 is 2.07 bits per heavy atom. The van der Waals surface area contributed by atoms with Crippen LogP contribution < -0.4 is 5.32 Å². The van der Waals surface area contributed by atoms with Crippen LogP contribution in [0.4, 0.5) is 4.39 Å². The van der Waals surface area contributed by atoms with Crippen LogP contribution in [0.1, 0.15) is 18.4 Å². The third kappa shape index (κ3) is 1.04. The summed E-state index contributed by atoms with van der Waals surface area (Å²) in [6.07, 6.45) is 2.34. The van der Waals surface area contributed by atoms with E-state index in [2.05, 4.69) is 5.32 Å². The highest BCUT2D eigenvalue weighted by Gasteiger charge is 2.49. The van der Waals surface area contributed by atoms with Gasteiger partial charge >= 0.3 is 0 Å². The van der Waals surface area contributed by atoms with Crippen molar-refractivity contribution < 1.29 is 4.39 Å². The zero-order chi connectivity index (χ0) is 9.60. The van der Waals surface area contributed by atoms with E-state index in [1.54, 1.807) is 12.1 Å². The number of hydrogen-bond donors (Lipinski definition) is 1. The quantitative estimate of drug-likeness (QED) is 0.716. The predicted octanol–water partition coefficient (Wildman–Crippen LogP) is 2.08. The molecule has 2 heteroatoms. The molecule has 1 aliphatic carbocycles. The molecule has 1 N–H and O–H groups in total. The summed E-state index contributed by atoms with van der Waals surface area (Å²) in [5.74, 6) is 0.748. The van der Waals surface area contributed by atoms with E-state index in [9.17, 15) is 4.39 Å². The number of fused-ring (bicyclic) bond motifs is 2. The minimum absolute atomic E-state index is 0.0327. The van der Waals surface area contributed by atoms with Gasteiger partial charge in [-0.15, -0.1) is 0 Å². The number of piperidine rings is 2. The minimum Gasteiger partial charge on any atom is -0.316 e. The van der Waals surface area contributed by atoms with E-state index in [0.29, 0.717) is 0 Å². The van der Waals surface area contributed by atoms with Gasteiger partial charge in [0.05, 0.1) is 0 Å². The molecule has 2 heterocycles. The van der Waals surface area contributed by atoms with E-state index in [0.717, 1.165) is 24.6 Å². The third-order valence-corrected chi connectivity index (χ3v) is 3.70. The lowest BCUT2D eigenvalue weighted by Crippen LogP contribution is -2.57. The Hall–Kier alpha value is -0.890. The topological polar surface area (TPSA) is 12.0 Å². The number of nitrogens with one attached hydrogen (secondary N) is 1. The Bertz CT molecular complexity index is 350. The van der Waals surface area contributed by atoms with Crippen molar-refractivity contribution in [1.29, 1.82) is 0 Å². The first-order chi connectivity index (χ1) is 6.80. The molecule has 0 radical (unpaired) electrons. The average Bonchev–Trinajstić information content (AvgIpc) is 2.18. The van der Waals surface area contributed by atoms with E-state index in [-0.39, 0.29) is 11.2 Å². The second kappa shape index (κ2) is 2.80. The number of hydrogen-bond acceptors (Lipinski definition) is 1. The second-order valence-electron chi connectivity index (χ2n) is 4.67. The van der Waals surface area contributed by atoms with Crippen LogP contribution in [-0.2, 0) is 5.41 Å². The van der Waals surface area contributed by atoms with Crippen molar-refractivity contribution >= 4 is 0 Å². The molecule has 2 aliphatic heterocycles. The average molecular weight is 191 g/mol. The molecule has 74 valence electrons. The first-order valence-corrected chi connectivity index (χ1v) is 5.26. The Labute approximate surface area is 83.3 Å². The van der Waals surface area contributed by atoms with Gasteiger partial charge in [0.2, 0.25) is 0 Å². The molecule has 4 rings (SSSR count). The van der Waals surface area contributed by atoms with Crippen molar-refractivity contribution in [2.45, 2.75) is 18.3 Å². The highest BCUT2D eigenvalue weighted by atomic mass is 19.1. The van der Waals surface area contributed by atoms with E-state index >= 15 is 0 Å². The standard InChI is InChI=1S/C12H14FN/c13-11-4-2-1-3-10(11)12-5-9(6-12)7-14-8-12/h1-4,9,14H,5-8H2. The van der Waals surface area contributed by atoms with Crippen LogP contribution in [0, 0.1) is 11.7 Å². The van der Waals surface area contributed by atoms with E-state index in [1.807, 2.05) is 12.1 Å². The maximum atomic E-state index is 13.6. The smallest absolute Gasteiger partial charge is 0.127 e. The normalized spacial score (nSPS) is 35.1. The van der Waals surface area contributed by atoms with Crippen LogP contribution in [-0.4, -0.2) is 13.1 Å². The van der Waals surface area contributed by atoms with Gasteiger partial charge in [0, 0.05) is 12.0 Å². The van der Waals surface area contributed by atoms with Gasteiger partial charge < -0.3 is 5.32 Å². The number of benzene rings is 1. The van der Waals surface area contributed by atoms with Gasteiger partial charge in [0.1, 0.15) is 5.82 Å². The summed E-state index contributed by atoms with van der Waals surface area (Å²) in [6, 6.07) is 7.22. The molecule has 1 nitrogen and oxygen atoms in total. The van der Waals surface area contributed by atoms with Crippen LogP contribution in [0.15, 0.2) is 24.3 Å². The van der Waals surface area contributed by atoms with Gasteiger partial charge in [0.25, 0.3) is 0 Å². The van der Waals surface area contributed by atoms with Gasteiger partial charge in [-0.1, -0.05) is 18.2 Å². The lowest BCUT2D eigenvalue weighted by atomic mass is 9.56. The summed E-state index contributed by atoms with van der Waals surface area (Å²) in [6.45, 7) is 2.07. The van der Waals surface area contributed by atoms with Crippen LogP contribution in [0.5, 0.6) is 0 Å². The molecule has 0 atom stereocenters. The zero-order valence-corrected chi connectivity index (χ0v) is 8.09. The molecule has 2 saturated heterocycles. The van der Waals surface area contributed by atoms with Gasteiger partial charge in [-0.2, -0.15) is 0 Å². The van der Waals surface area contributed by atoms with Crippen LogP contribution in [0.25, 0.3) is 0 Å². The summed E-state index contributed by atoms with van der Waals surface area (Å²) in [7, 11) is 0. The number of rotatable bonds is 1. The molecule has 2 bridgehead atoms. The molecular weight excluding hydrogens is 177 g/mol. The fourth-order valence-corrected chi connectivity index (χ4v) is 3.06. The Balaban J connectivity index is 1.99. The zero-order valence-electron chi connectivity index (χ0n) is 8.09. The molecular formula is C12H14FN. The largest absolute Gasteiger partial charge is 0.316 e. The monoisotopic (exact) mass is 191 g/mol. The van der Waals surface area contributed by atoms with Gasteiger partial charge in [-0.05, 0) is 36.9 Å². The third-order valence-electron chi connectivity index (χ3n) is 3.70. The minimum atomic E-state index is -0.0327. The predicted molar refractivity (Wildman–Crippen MR) is 53.7 cm³/mol. The van der Waals surface area contributed by atoms with Gasteiger partial charge in [-0.25, -0.2) is 4.39 Å². The maximum absolute atomic E-state index is 13.6. The molecule has 14 heavy (non-hydrogen) atoms. The van der Waals surface area contributed by atoms with Gasteiger partial charge in [0.15, 0.2) is 0 Å². The summed E-state index contributed by atoms with van der Waals surface area (Å²) in [5.41, 5.74) is 1.04. The molecule has 0 spiro atoms. The van der Waals surface area contributed by atoms with Crippen LogP contribution in [0.2, 0.25) is 0 Å². The fraction of sp³-hybridized carbons (Fsp3) is 0.500. The molecule has 0 unspecified atom stereocenters. The highest BCUT2D eigenvalue weighted by Crippen LogP contribution is 2.50. The van der Waals surface area contributed by atoms with E-state index in [4.69, 9.17) is 0 Å². The lowest BCUT2D eigenvalue weighted by Gasteiger charge is -2.53. The molecule has 1 aromatic carbocycles. The van der Waals surface area contributed by atoms with Crippen molar-refractivity contribution in [2.75, 3.05) is 13.1 Å². The maximum Gasteiger partial charge on any atom is 0.127 e. The molecule has 0 aromatic heterocycles. The molecule has 1 saturated carbocycles. The molecule has 3 aliphatic rings.